The lowest BCUT2D eigenvalue weighted by Gasteiger charge is -2.26. The zero-order valence-electron chi connectivity index (χ0n) is 62.5. The Morgan fingerprint density at radius 1 is 0.303 bits per heavy atom. The first-order valence-corrected chi connectivity index (χ1v) is 37.8. The van der Waals surface area contributed by atoms with Gasteiger partial charge >= 0.3 is 11.9 Å². The molecule has 0 radical (unpaired) electrons. The predicted molar refractivity (Wildman–Crippen MR) is 425 cm³/mol. The second-order valence-electron chi connectivity index (χ2n) is 25.1. The Hall–Kier alpha value is -7.17. The summed E-state index contributed by atoms with van der Waals surface area (Å²) in [4.78, 5) is 37.5. The summed E-state index contributed by atoms with van der Waals surface area (Å²) in [5.41, 5.74) is 0. The van der Waals surface area contributed by atoms with E-state index in [9.17, 15) is 19.5 Å². The van der Waals surface area contributed by atoms with E-state index in [1.54, 1.807) is 0 Å². The molecule has 0 spiro atoms. The molecule has 2 atom stereocenters. The summed E-state index contributed by atoms with van der Waals surface area (Å²) < 4.78 is 22.7. The predicted octanol–water partition coefficient (Wildman–Crippen LogP) is 23.2. The molecule has 0 N–H and O–H groups in total. The number of ether oxygens (including phenoxy) is 4. The number of quaternary nitrogens is 1. The van der Waals surface area contributed by atoms with E-state index in [-0.39, 0.29) is 32.7 Å². The van der Waals surface area contributed by atoms with Crippen LogP contribution in [0.25, 0.3) is 0 Å². The van der Waals surface area contributed by atoms with E-state index in [4.69, 9.17) is 18.9 Å². The van der Waals surface area contributed by atoms with Crippen LogP contribution in [-0.2, 0) is 33.3 Å². The van der Waals surface area contributed by atoms with Gasteiger partial charge in [0, 0.05) is 12.8 Å². The number of hydrogen-bond donors (Lipinski definition) is 0. The summed E-state index contributed by atoms with van der Waals surface area (Å²) in [5, 5.41) is 11.8. The quantitative estimate of drug-likeness (QED) is 0.0195. The van der Waals surface area contributed by atoms with E-state index in [1.165, 1.54) is 19.3 Å². The van der Waals surface area contributed by atoms with Crippen LogP contribution in [0.3, 0.4) is 0 Å². The summed E-state index contributed by atoms with van der Waals surface area (Å²) >= 11 is 0. The summed E-state index contributed by atoms with van der Waals surface area (Å²) in [6, 6.07) is 0. The Balaban J connectivity index is 4.31. The van der Waals surface area contributed by atoms with Crippen LogP contribution in [-0.4, -0.2) is 82.3 Å². The third-order valence-corrected chi connectivity index (χ3v) is 14.8. The number of nitrogens with zero attached hydrogens (tertiary/aromatic N) is 1. The van der Waals surface area contributed by atoms with Crippen molar-refractivity contribution in [2.75, 3.05) is 47.5 Å². The first kappa shape index (κ1) is 91.8. The molecule has 0 rings (SSSR count). The van der Waals surface area contributed by atoms with Gasteiger partial charge in [0.1, 0.15) is 13.2 Å². The number of carbonyl (C=O) groups is 3. The van der Waals surface area contributed by atoms with Gasteiger partial charge in [0.25, 0.3) is 0 Å². The zero-order valence-corrected chi connectivity index (χ0v) is 62.5. The summed E-state index contributed by atoms with van der Waals surface area (Å²) in [5.74, 6) is -2.39. The van der Waals surface area contributed by atoms with E-state index >= 15 is 0 Å². The molecule has 9 heteroatoms. The molecule has 0 aliphatic rings. The van der Waals surface area contributed by atoms with Crippen LogP contribution in [0.4, 0.5) is 0 Å². The molecule has 9 nitrogen and oxygen atoms in total. The Labute approximate surface area is 604 Å². The second-order valence-corrected chi connectivity index (χ2v) is 25.1. The average Bonchev–Trinajstić information content (AvgIpc) is 1.14. The van der Waals surface area contributed by atoms with Gasteiger partial charge in [-0.25, -0.2) is 0 Å². The van der Waals surface area contributed by atoms with Gasteiger partial charge in [0.2, 0.25) is 0 Å². The van der Waals surface area contributed by atoms with Crippen molar-refractivity contribution in [1.29, 1.82) is 0 Å². The van der Waals surface area contributed by atoms with Crippen LogP contribution >= 0.6 is 0 Å². The number of hydrogen-bond acceptors (Lipinski definition) is 8. The highest BCUT2D eigenvalue weighted by Crippen LogP contribution is 2.13. The molecule has 99 heavy (non-hydrogen) atoms. The molecule has 0 saturated carbocycles. The molecule has 0 aromatic heterocycles. The number of carboxylic acid groups (broad SMARTS) is 1. The first-order chi connectivity index (χ1) is 48.6. The molecule has 0 aromatic carbocycles. The molecule has 2 unspecified atom stereocenters. The van der Waals surface area contributed by atoms with Crippen molar-refractivity contribution in [3.63, 3.8) is 0 Å². The standard InChI is InChI=1S/C90H135NO8/c1-6-8-10-12-14-16-18-20-22-24-26-28-30-32-34-36-38-40-42-43-44-45-47-49-51-53-55-57-59-61-63-65-67-69-71-73-75-77-79-81-88(93)99-86(85-98-90(89(94)95)96-83-82-91(3,4)5)84-97-87(92)80-78-76-74-72-70-68-66-64-62-60-58-56-54-52-50-48-46-41-39-37-35-33-31-29-27-25-23-21-19-17-15-13-11-9-7-2/h8-11,14-17,20-23,26-29,32-35,38-41,43-44,47-50,53-56,59-62,65,67,71,73,86,90H,6-7,12-13,18-19,24-25,30-31,36-37,42,45-46,51-52,57-58,63-64,66,68-70,72,74-85H2,1-5H3/b10-8-,11-9-,16-14-,17-15-,22-20-,23-21-,28-26-,29-27-,34-32-,35-33-,40-38-,41-39-,44-43-,49-47-,50-48-,55-53-,56-54-,61-59-,62-60-,67-65-,73-71-. The molecule has 0 bridgehead atoms. The number of aliphatic carboxylic acids is 1. The zero-order chi connectivity index (χ0) is 71.8. The number of rotatable bonds is 66. The lowest BCUT2D eigenvalue weighted by molar-refractivity contribution is -0.870. The van der Waals surface area contributed by atoms with Gasteiger partial charge in [-0.05, 0) is 173 Å². The molecular formula is C90H135NO8. The topological polar surface area (TPSA) is 111 Å². The average molecular weight is 1360 g/mol. The maximum Gasteiger partial charge on any atom is 0.306 e. The number of carboxylic acids is 1. The van der Waals surface area contributed by atoms with Crippen LogP contribution in [0.5, 0.6) is 0 Å². The van der Waals surface area contributed by atoms with Crippen molar-refractivity contribution >= 4 is 17.9 Å². The number of unbranched alkanes of at least 4 members (excludes halogenated alkanes) is 9. The van der Waals surface area contributed by atoms with Crippen molar-refractivity contribution in [3.05, 3.63) is 255 Å². The van der Waals surface area contributed by atoms with Gasteiger partial charge in [-0.2, -0.15) is 0 Å². The smallest absolute Gasteiger partial charge is 0.306 e. The fourth-order valence-corrected chi connectivity index (χ4v) is 9.10. The highest BCUT2D eigenvalue weighted by molar-refractivity contribution is 5.70. The van der Waals surface area contributed by atoms with Crippen molar-refractivity contribution in [2.24, 2.45) is 0 Å². The van der Waals surface area contributed by atoms with E-state index in [2.05, 4.69) is 269 Å². The first-order valence-electron chi connectivity index (χ1n) is 37.8. The normalized spacial score (nSPS) is 14.2. The van der Waals surface area contributed by atoms with Gasteiger partial charge in [-0.1, -0.05) is 301 Å². The van der Waals surface area contributed by atoms with Crippen molar-refractivity contribution in [1.82, 2.24) is 0 Å². The molecule has 548 valence electrons. The van der Waals surface area contributed by atoms with Crippen molar-refractivity contribution < 1.29 is 42.9 Å². The SMILES string of the molecule is CC/C=C\C/C=C\C/C=C\C/C=C\C/C=C\C/C=C\C/C=C\C/C=C\C/C=C\C/C=C\C/C=C\C/C=C\CCCCC(=O)OC(COC(=O)CCCCCCCCC/C=C\C/C=C\C/C=C\C/C=C\C/C=C\C/C=C\C/C=C\C/C=C\C/C=C\CC)COC(OCC[N+](C)(C)C)C(=O)[O-]. The minimum atomic E-state index is -1.66. The Morgan fingerprint density at radius 2 is 0.545 bits per heavy atom. The van der Waals surface area contributed by atoms with Crippen LogP contribution < -0.4 is 5.11 Å². The van der Waals surface area contributed by atoms with Crippen LogP contribution in [0, 0.1) is 0 Å². The Morgan fingerprint density at radius 3 is 0.828 bits per heavy atom. The second kappa shape index (κ2) is 76.6. The van der Waals surface area contributed by atoms with Crippen molar-refractivity contribution in [3.8, 4) is 0 Å². The fraction of sp³-hybridized carbons (Fsp3) is 0.500. The van der Waals surface area contributed by atoms with Crippen molar-refractivity contribution in [2.45, 2.75) is 245 Å². The number of likely N-dealkylation sites (N-methyl/N-ethyl adjacent to an activating group) is 1. The van der Waals surface area contributed by atoms with Gasteiger partial charge in [-0.15, -0.1) is 0 Å². The minimum Gasteiger partial charge on any atom is -0.545 e. The summed E-state index contributed by atoms with van der Waals surface area (Å²) in [6.07, 6.45) is 122. The molecule has 0 fully saturated rings. The van der Waals surface area contributed by atoms with Gasteiger partial charge < -0.3 is 33.3 Å². The van der Waals surface area contributed by atoms with Gasteiger partial charge in [0.15, 0.2) is 12.4 Å². The van der Waals surface area contributed by atoms with E-state index in [0.29, 0.717) is 23.9 Å². The Kier molecular flexibility index (Phi) is 71.0. The molecule has 0 aliphatic carbocycles. The third kappa shape index (κ3) is 78.0. The van der Waals surface area contributed by atoms with E-state index in [1.807, 2.05) is 21.1 Å². The fourth-order valence-electron chi connectivity index (χ4n) is 9.10. The maximum absolute atomic E-state index is 12.9. The van der Waals surface area contributed by atoms with E-state index < -0.39 is 30.3 Å². The van der Waals surface area contributed by atoms with Crippen LogP contribution in [0.2, 0.25) is 0 Å². The lowest BCUT2D eigenvalue weighted by atomic mass is 10.1. The molecule has 0 aromatic rings. The highest BCUT2D eigenvalue weighted by atomic mass is 16.7. The monoisotopic (exact) mass is 1360 g/mol. The molecule has 0 saturated heterocycles. The maximum atomic E-state index is 12.9. The summed E-state index contributed by atoms with van der Waals surface area (Å²) in [6.45, 7) is 4.41. The van der Waals surface area contributed by atoms with Gasteiger partial charge in [-0.3, -0.25) is 9.59 Å². The number of esters is 2. The molecule has 0 amide bonds. The minimum absolute atomic E-state index is 0.122. The lowest BCUT2D eigenvalue weighted by Crippen LogP contribution is -2.44. The Bertz CT molecular complexity index is 2590. The number of allylic oxidation sites excluding steroid dienone is 42. The van der Waals surface area contributed by atoms with Crippen LogP contribution in [0.1, 0.15) is 232 Å². The highest BCUT2D eigenvalue weighted by Gasteiger charge is 2.22. The molecule has 0 aliphatic heterocycles. The largest absolute Gasteiger partial charge is 0.545 e. The van der Waals surface area contributed by atoms with E-state index in [0.717, 1.165) is 173 Å². The third-order valence-electron chi connectivity index (χ3n) is 14.8. The van der Waals surface area contributed by atoms with Gasteiger partial charge in [0.05, 0.1) is 40.3 Å². The molecular weight excluding hydrogens is 1220 g/mol. The van der Waals surface area contributed by atoms with Crippen LogP contribution in [0.15, 0.2) is 255 Å². The number of carbonyl (C=O) groups excluding carboxylic acids is 3. The molecule has 0 heterocycles. The summed E-state index contributed by atoms with van der Waals surface area (Å²) in [7, 11) is 5.89.